The maximum atomic E-state index is 12.8. The number of carboxylic acid groups (broad SMARTS) is 2. The van der Waals surface area contributed by atoms with Gasteiger partial charge in [0.2, 0.25) is 5.91 Å². The van der Waals surface area contributed by atoms with Crippen molar-refractivity contribution in [2.45, 2.75) is 38.5 Å². The van der Waals surface area contributed by atoms with E-state index in [9.17, 15) is 24.0 Å². The van der Waals surface area contributed by atoms with Crippen LogP contribution in [0.4, 0.5) is 16.2 Å². The van der Waals surface area contributed by atoms with Crippen LogP contribution in [0.5, 0.6) is 0 Å². The number of piperidine rings is 1. The lowest BCUT2D eigenvalue weighted by atomic mass is 9.94. The smallest absolute Gasteiger partial charge is 0.321 e. The second kappa shape index (κ2) is 17.4. The maximum Gasteiger partial charge on any atom is 0.321 e. The minimum atomic E-state index is -0.870. The summed E-state index contributed by atoms with van der Waals surface area (Å²) >= 11 is 0. The first-order valence-electron chi connectivity index (χ1n) is 16.2. The Labute approximate surface area is 274 Å². The molecule has 47 heavy (non-hydrogen) atoms. The normalized spacial score (nSPS) is 17.0. The lowest BCUT2D eigenvalue weighted by Gasteiger charge is -2.36. The first-order valence-corrected chi connectivity index (χ1v) is 16.2. The SMILES string of the molecule is Cn1cccc1C(=O)N1CCN(C(=O)Nc2ccc(N3CCC(C(=O)N4CCOCC4)CC3)cc2)CC1.O=C(O)CCCCC(=O)O. The fourth-order valence-corrected chi connectivity index (χ4v) is 5.90. The Bertz CT molecular complexity index is 1340. The van der Waals surface area contributed by atoms with Gasteiger partial charge < -0.3 is 44.4 Å². The molecule has 0 saturated carbocycles. The van der Waals surface area contributed by atoms with E-state index in [-0.39, 0.29) is 36.6 Å². The highest BCUT2D eigenvalue weighted by atomic mass is 16.5. The third-order valence-electron chi connectivity index (χ3n) is 8.70. The van der Waals surface area contributed by atoms with Crippen molar-refractivity contribution in [2.24, 2.45) is 13.0 Å². The van der Waals surface area contributed by atoms with E-state index in [1.165, 1.54) is 0 Å². The summed E-state index contributed by atoms with van der Waals surface area (Å²) in [6.45, 7) is 6.39. The zero-order valence-electron chi connectivity index (χ0n) is 27.0. The van der Waals surface area contributed by atoms with Crippen molar-refractivity contribution in [2.75, 3.05) is 75.8 Å². The van der Waals surface area contributed by atoms with E-state index in [0.29, 0.717) is 71.0 Å². The molecule has 256 valence electrons. The van der Waals surface area contributed by atoms with Gasteiger partial charge in [0.25, 0.3) is 5.91 Å². The van der Waals surface area contributed by atoms with E-state index in [1.54, 1.807) is 9.80 Å². The Kier molecular flexibility index (Phi) is 13.0. The van der Waals surface area contributed by atoms with E-state index in [0.717, 1.165) is 37.3 Å². The van der Waals surface area contributed by atoms with E-state index in [1.807, 2.05) is 59.1 Å². The number of aliphatic carboxylic acids is 2. The van der Waals surface area contributed by atoms with E-state index >= 15 is 0 Å². The molecule has 2 aromatic rings. The molecule has 3 aliphatic heterocycles. The van der Waals surface area contributed by atoms with Crippen LogP contribution in [0.2, 0.25) is 0 Å². The molecule has 1 aromatic carbocycles. The summed E-state index contributed by atoms with van der Waals surface area (Å²) in [7, 11) is 1.86. The highest BCUT2D eigenvalue weighted by Crippen LogP contribution is 2.26. The summed E-state index contributed by atoms with van der Waals surface area (Å²) in [5, 5.41) is 19.2. The molecule has 5 rings (SSSR count). The number of nitrogens with one attached hydrogen (secondary N) is 1. The minimum Gasteiger partial charge on any atom is -0.481 e. The number of benzene rings is 1. The molecular formula is C33H46N6O8. The van der Waals surface area contributed by atoms with Gasteiger partial charge >= 0.3 is 18.0 Å². The Hall–Kier alpha value is -4.59. The van der Waals surface area contributed by atoms with Gasteiger partial charge in [0.05, 0.1) is 13.2 Å². The molecule has 14 nitrogen and oxygen atoms in total. The number of hydrogen-bond donors (Lipinski definition) is 3. The number of unbranched alkanes of at least 4 members (excludes halogenated alkanes) is 1. The molecule has 3 saturated heterocycles. The van der Waals surface area contributed by atoms with E-state index in [2.05, 4.69) is 10.2 Å². The van der Waals surface area contributed by atoms with Crippen molar-refractivity contribution in [3.8, 4) is 0 Å². The number of aryl methyl sites for hydroxylation is 1. The van der Waals surface area contributed by atoms with E-state index in [4.69, 9.17) is 14.9 Å². The van der Waals surface area contributed by atoms with Crippen molar-refractivity contribution in [3.05, 3.63) is 48.3 Å². The number of hydrogen-bond acceptors (Lipinski definition) is 7. The van der Waals surface area contributed by atoms with Crippen LogP contribution in [0.3, 0.4) is 0 Å². The van der Waals surface area contributed by atoms with Gasteiger partial charge in [0.1, 0.15) is 5.69 Å². The highest BCUT2D eigenvalue weighted by Gasteiger charge is 2.30. The van der Waals surface area contributed by atoms with Crippen LogP contribution in [-0.4, -0.2) is 125 Å². The topological polar surface area (TPSA) is 165 Å². The number of morpholine rings is 1. The van der Waals surface area contributed by atoms with Crippen molar-refractivity contribution in [1.82, 2.24) is 19.3 Å². The second-order valence-electron chi connectivity index (χ2n) is 12.0. The van der Waals surface area contributed by atoms with Gasteiger partial charge in [-0.15, -0.1) is 0 Å². The minimum absolute atomic E-state index is 0.00218. The second-order valence-corrected chi connectivity index (χ2v) is 12.0. The standard InChI is InChI=1S/C27H36N6O4.C6H10O4/c1-29-10-2-3-24(29)26(35)31-13-15-33(16-14-31)27(36)28-22-4-6-23(7-5-22)30-11-8-21(9-12-30)25(34)32-17-19-37-20-18-32;7-5(8)3-1-2-4-6(9)10/h2-7,10,21H,8-9,11-20H2,1H3,(H,28,36);1-4H2,(H,7,8)(H,9,10). The number of carboxylic acids is 2. The van der Waals surface area contributed by atoms with Gasteiger partial charge in [0, 0.05) is 95.7 Å². The summed E-state index contributed by atoms with van der Waals surface area (Å²) in [6.07, 6.45) is 4.59. The summed E-state index contributed by atoms with van der Waals surface area (Å²) in [6, 6.07) is 11.4. The number of anilines is 2. The van der Waals surface area contributed by atoms with Crippen molar-refractivity contribution < 1.29 is 38.9 Å². The summed E-state index contributed by atoms with van der Waals surface area (Å²) < 4.78 is 7.18. The monoisotopic (exact) mass is 654 g/mol. The number of urea groups is 1. The van der Waals surface area contributed by atoms with Crippen LogP contribution in [-0.2, 0) is 26.2 Å². The van der Waals surface area contributed by atoms with Crippen LogP contribution >= 0.6 is 0 Å². The largest absolute Gasteiger partial charge is 0.481 e. The zero-order chi connectivity index (χ0) is 33.8. The molecule has 4 heterocycles. The van der Waals surface area contributed by atoms with Gasteiger partial charge in [-0.1, -0.05) is 0 Å². The average molecular weight is 655 g/mol. The van der Waals surface area contributed by atoms with Gasteiger partial charge in [-0.05, 0) is 62.1 Å². The molecule has 3 fully saturated rings. The van der Waals surface area contributed by atoms with Crippen LogP contribution in [0.15, 0.2) is 42.6 Å². The molecule has 0 unspecified atom stereocenters. The number of rotatable bonds is 9. The lowest BCUT2D eigenvalue weighted by molar-refractivity contribution is -0.140. The van der Waals surface area contributed by atoms with Crippen LogP contribution in [0.25, 0.3) is 0 Å². The number of aromatic nitrogens is 1. The highest BCUT2D eigenvalue weighted by molar-refractivity contribution is 5.93. The maximum absolute atomic E-state index is 12.8. The molecule has 1 aromatic heterocycles. The van der Waals surface area contributed by atoms with Crippen molar-refractivity contribution in [3.63, 3.8) is 0 Å². The Morgan fingerprint density at radius 3 is 1.87 bits per heavy atom. The molecule has 3 N–H and O–H groups in total. The Balaban J connectivity index is 0.000000434. The predicted octanol–water partition coefficient (Wildman–Crippen LogP) is 2.81. The number of amides is 4. The first kappa shape index (κ1) is 35.3. The molecule has 14 heteroatoms. The summed E-state index contributed by atoms with van der Waals surface area (Å²) in [4.78, 5) is 65.9. The Morgan fingerprint density at radius 2 is 1.34 bits per heavy atom. The number of nitrogens with zero attached hydrogens (tertiary/aromatic N) is 5. The van der Waals surface area contributed by atoms with Gasteiger partial charge in [-0.25, -0.2) is 4.79 Å². The van der Waals surface area contributed by atoms with Gasteiger partial charge in [-0.2, -0.15) is 0 Å². The average Bonchev–Trinajstić information content (AvgIpc) is 3.52. The molecule has 4 amide bonds. The number of ether oxygens (including phenoxy) is 1. The number of carbonyl (C=O) groups is 5. The van der Waals surface area contributed by atoms with Crippen LogP contribution in [0.1, 0.15) is 49.0 Å². The first-order chi connectivity index (χ1) is 22.6. The number of piperazine rings is 1. The van der Waals surface area contributed by atoms with Gasteiger partial charge in [-0.3, -0.25) is 19.2 Å². The molecule has 0 spiro atoms. The fourth-order valence-electron chi connectivity index (χ4n) is 5.90. The molecule has 0 aliphatic carbocycles. The molecular weight excluding hydrogens is 608 g/mol. The van der Waals surface area contributed by atoms with E-state index < -0.39 is 11.9 Å². The summed E-state index contributed by atoms with van der Waals surface area (Å²) in [5.41, 5.74) is 2.50. The van der Waals surface area contributed by atoms with Crippen molar-refractivity contribution >= 4 is 41.2 Å². The zero-order valence-corrected chi connectivity index (χ0v) is 27.0. The quantitative estimate of drug-likeness (QED) is 0.345. The molecule has 0 bridgehead atoms. The van der Waals surface area contributed by atoms with Crippen molar-refractivity contribution in [1.29, 1.82) is 0 Å². The number of carbonyl (C=O) groups excluding carboxylic acids is 3. The predicted molar refractivity (Wildman–Crippen MR) is 174 cm³/mol. The molecule has 3 aliphatic rings. The Morgan fingerprint density at radius 1 is 0.766 bits per heavy atom. The third-order valence-corrected chi connectivity index (χ3v) is 8.70. The molecule has 0 radical (unpaired) electrons. The lowest BCUT2D eigenvalue weighted by Crippen LogP contribution is -2.51. The van der Waals surface area contributed by atoms with Crippen LogP contribution < -0.4 is 10.2 Å². The van der Waals surface area contributed by atoms with Crippen LogP contribution in [0, 0.1) is 5.92 Å². The fraction of sp³-hybridized carbons (Fsp3) is 0.545. The third kappa shape index (κ3) is 10.5. The van der Waals surface area contributed by atoms with Gasteiger partial charge in [0.15, 0.2) is 0 Å². The summed E-state index contributed by atoms with van der Waals surface area (Å²) in [5.74, 6) is -1.38. The molecule has 0 atom stereocenters.